The minimum absolute atomic E-state index is 0.221. The lowest BCUT2D eigenvalue weighted by atomic mass is 10.1. The van der Waals surface area contributed by atoms with Gasteiger partial charge in [-0.15, -0.1) is 11.3 Å². The van der Waals surface area contributed by atoms with Gasteiger partial charge in [0.15, 0.2) is 5.78 Å². The third-order valence-corrected chi connectivity index (χ3v) is 3.34. The highest BCUT2D eigenvalue weighted by Crippen LogP contribution is 2.40. The molecule has 106 valence electrons. The first kappa shape index (κ1) is 13.9. The highest BCUT2D eigenvalue weighted by molar-refractivity contribution is 7.15. The number of benzene rings is 1. The molecule has 4 N–H and O–H groups in total. The van der Waals surface area contributed by atoms with Gasteiger partial charge >= 0.3 is 0 Å². The summed E-state index contributed by atoms with van der Waals surface area (Å²) in [5, 5.41) is 31.7. The number of hydrogen-bond acceptors (Lipinski definition) is 8. The Hall–Kier alpha value is -2.48. The van der Waals surface area contributed by atoms with Crippen molar-refractivity contribution in [2.45, 2.75) is 13.8 Å². The van der Waals surface area contributed by atoms with Gasteiger partial charge in [-0.3, -0.25) is 15.6 Å². The number of carbonyl (C=O) groups excluding carboxylic acids is 1. The van der Waals surface area contributed by atoms with Crippen molar-refractivity contribution in [2.24, 2.45) is 0 Å². The van der Waals surface area contributed by atoms with Gasteiger partial charge in [0.05, 0.1) is 11.3 Å². The molecule has 20 heavy (non-hydrogen) atoms. The Bertz CT molecular complexity index is 669. The summed E-state index contributed by atoms with van der Waals surface area (Å²) in [4.78, 5) is 16.3. The number of hydrogen-bond donors (Lipinski definition) is 4. The summed E-state index contributed by atoms with van der Waals surface area (Å²) >= 11 is 1.35. The molecule has 0 aliphatic heterocycles. The van der Waals surface area contributed by atoms with E-state index in [0.717, 1.165) is 17.9 Å². The Morgan fingerprint density at radius 2 is 2.05 bits per heavy atom. The van der Waals surface area contributed by atoms with E-state index in [4.69, 9.17) is 0 Å². The predicted molar refractivity (Wildman–Crippen MR) is 73.3 cm³/mol. The Labute approximate surface area is 118 Å². The highest BCUT2D eigenvalue weighted by atomic mass is 32.1. The van der Waals surface area contributed by atoms with Crippen LogP contribution >= 0.6 is 11.3 Å². The molecule has 0 fully saturated rings. The molecule has 0 atom stereocenters. The van der Waals surface area contributed by atoms with Crippen LogP contribution in [0.15, 0.2) is 12.3 Å². The number of rotatable bonds is 4. The number of Topliss-reactive ketones (excluding diaryl/α,β-unsaturated/α-hetero) is 1. The maximum absolute atomic E-state index is 12.0. The van der Waals surface area contributed by atoms with E-state index >= 15 is 0 Å². The molecule has 7 nitrogen and oxygen atoms in total. The van der Waals surface area contributed by atoms with Gasteiger partial charge in [-0.05, 0) is 13.8 Å². The average Bonchev–Trinajstić information content (AvgIpc) is 2.73. The maximum Gasteiger partial charge on any atom is 0.201 e. The molecule has 1 heterocycles. The van der Waals surface area contributed by atoms with Crippen molar-refractivity contribution in [3.8, 4) is 17.2 Å². The van der Waals surface area contributed by atoms with Crippen LogP contribution in [0.5, 0.6) is 17.2 Å². The van der Waals surface area contributed by atoms with Crippen LogP contribution in [0, 0.1) is 6.92 Å². The van der Waals surface area contributed by atoms with Crippen molar-refractivity contribution in [3.63, 3.8) is 0 Å². The average molecular weight is 294 g/mol. The van der Waals surface area contributed by atoms with Crippen LogP contribution in [0.3, 0.4) is 0 Å². The fraction of sp³-hybridized carbons (Fsp3) is 0.167. The number of nitrogens with zero attached hydrogens (tertiary/aromatic N) is 1. The monoisotopic (exact) mass is 294 g/mol. The minimum Gasteiger partial charge on any atom is -0.870 e. The normalized spacial score (nSPS) is 10.3. The molecule has 0 spiro atoms. The first-order valence-electron chi connectivity index (χ1n) is 5.61. The van der Waals surface area contributed by atoms with Gasteiger partial charge in [-0.2, -0.15) is 0 Å². The largest absolute Gasteiger partial charge is 0.870 e. The number of hydrazine groups is 1. The van der Waals surface area contributed by atoms with Crippen molar-refractivity contribution in [1.82, 2.24) is 4.98 Å². The Balaban J connectivity index is 2.31. The molecular weight excluding hydrogens is 282 g/mol. The number of phenols is 2. The zero-order valence-electron chi connectivity index (χ0n) is 10.7. The highest BCUT2D eigenvalue weighted by Gasteiger charge is 2.15. The van der Waals surface area contributed by atoms with Gasteiger partial charge < -0.3 is 15.3 Å². The van der Waals surface area contributed by atoms with E-state index in [1.807, 2.05) is 6.92 Å². The van der Waals surface area contributed by atoms with Gasteiger partial charge in [0.25, 0.3) is 0 Å². The molecule has 0 amide bonds. The molecule has 0 bridgehead atoms. The molecule has 0 aliphatic rings. The maximum atomic E-state index is 12.0. The van der Waals surface area contributed by atoms with Gasteiger partial charge in [-0.1, -0.05) is 5.75 Å². The Morgan fingerprint density at radius 1 is 1.35 bits per heavy atom. The first-order valence-corrected chi connectivity index (χ1v) is 6.43. The molecule has 0 aliphatic carbocycles. The lowest BCUT2D eigenvalue weighted by Gasteiger charge is -2.20. The summed E-state index contributed by atoms with van der Waals surface area (Å²) in [6.45, 7) is 3.03. The van der Waals surface area contributed by atoms with E-state index in [1.165, 1.54) is 11.3 Å². The van der Waals surface area contributed by atoms with Crippen LogP contribution in [-0.2, 0) is 0 Å². The van der Waals surface area contributed by atoms with E-state index in [-0.39, 0.29) is 11.3 Å². The van der Waals surface area contributed by atoms with Crippen LogP contribution in [-0.4, -0.2) is 21.0 Å². The molecule has 1 aromatic heterocycles. The second-order valence-corrected chi connectivity index (χ2v) is 5.31. The van der Waals surface area contributed by atoms with Gasteiger partial charge in [0, 0.05) is 17.1 Å². The van der Waals surface area contributed by atoms with E-state index < -0.39 is 23.0 Å². The van der Waals surface area contributed by atoms with E-state index in [2.05, 4.69) is 15.8 Å². The number of ketones is 1. The first-order chi connectivity index (χ1) is 9.40. The Kier molecular flexibility index (Phi) is 3.66. The lowest BCUT2D eigenvalue weighted by Crippen LogP contribution is -2.13. The Morgan fingerprint density at radius 3 is 2.60 bits per heavy atom. The molecule has 0 radical (unpaired) electrons. The van der Waals surface area contributed by atoms with Crippen LogP contribution in [0.4, 0.5) is 10.8 Å². The number of nitrogens with one attached hydrogen (secondary N) is 2. The molecule has 0 saturated heterocycles. The third-order valence-electron chi connectivity index (χ3n) is 2.51. The zero-order chi connectivity index (χ0) is 14.9. The number of anilines is 2. The molecule has 0 saturated carbocycles. The number of thiazole rings is 1. The number of phenolic OH excluding ortho intramolecular Hbond substituents is 2. The van der Waals surface area contributed by atoms with Crippen LogP contribution < -0.4 is 16.0 Å². The van der Waals surface area contributed by atoms with Gasteiger partial charge in [-0.25, -0.2) is 4.98 Å². The van der Waals surface area contributed by atoms with Crippen molar-refractivity contribution < 1.29 is 20.1 Å². The molecule has 0 unspecified atom stereocenters. The smallest absolute Gasteiger partial charge is 0.201 e. The van der Waals surface area contributed by atoms with Crippen LogP contribution in [0.25, 0.3) is 0 Å². The molecule has 1 aromatic carbocycles. The minimum atomic E-state index is -0.782. The second-order valence-electron chi connectivity index (χ2n) is 4.08. The van der Waals surface area contributed by atoms with Crippen LogP contribution in [0.2, 0.25) is 0 Å². The molecule has 2 rings (SSSR count). The van der Waals surface area contributed by atoms with E-state index in [9.17, 15) is 20.1 Å². The summed E-state index contributed by atoms with van der Waals surface area (Å²) in [6, 6.07) is 0.940. The second kappa shape index (κ2) is 5.25. The molecule has 2 aromatic rings. The predicted octanol–water partition coefficient (Wildman–Crippen LogP) is 1.58. The standard InChI is InChI=1S/C12H13N3O4S/c1-5-4-13-12(20-5)15-14-10-8(18)3-7(17)9(6(2)16)11(10)19/h3-4,14,17-19H,1-2H3,(H,13,15)/p-1. The number of carbonyl (C=O) groups is 1. The van der Waals surface area contributed by atoms with Crippen molar-refractivity contribution in [3.05, 3.63) is 22.7 Å². The summed E-state index contributed by atoms with van der Waals surface area (Å²) < 4.78 is 0. The van der Waals surface area contributed by atoms with Crippen molar-refractivity contribution in [1.29, 1.82) is 0 Å². The van der Waals surface area contributed by atoms with Crippen molar-refractivity contribution in [2.75, 3.05) is 10.9 Å². The third kappa shape index (κ3) is 2.59. The van der Waals surface area contributed by atoms with Gasteiger partial charge in [0.1, 0.15) is 11.5 Å². The fourth-order valence-electron chi connectivity index (χ4n) is 1.62. The summed E-state index contributed by atoms with van der Waals surface area (Å²) in [6.07, 6.45) is 1.64. The van der Waals surface area contributed by atoms with Crippen molar-refractivity contribution >= 4 is 27.9 Å². The summed E-state index contributed by atoms with van der Waals surface area (Å²) in [5.41, 5.74) is 4.56. The molecule has 8 heteroatoms. The van der Waals surface area contributed by atoms with E-state index in [1.54, 1.807) is 6.20 Å². The topological polar surface area (TPSA) is 118 Å². The summed E-state index contributed by atoms with van der Waals surface area (Å²) in [5.74, 6) is -2.37. The van der Waals surface area contributed by atoms with E-state index in [0.29, 0.717) is 5.13 Å². The fourth-order valence-corrected chi connectivity index (χ4v) is 2.24. The number of aryl methyl sites for hydroxylation is 1. The SMILES string of the molecule is CC(=O)c1c(O)cc(O)c(NNc2ncc(C)s2)c1[O-]. The number of aromatic hydroxyl groups is 2. The molecular formula is C12H12N3O4S-. The van der Waals surface area contributed by atoms with Gasteiger partial charge in [0.2, 0.25) is 5.13 Å². The number of aromatic nitrogens is 1. The quantitative estimate of drug-likeness (QED) is 0.292. The van der Waals surface area contributed by atoms with Crippen LogP contribution in [0.1, 0.15) is 22.2 Å². The lowest BCUT2D eigenvalue weighted by molar-refractivity contribution is -0.267. The summed E-state index contributed by atoms with van der Waals surface area (Å²) in [7, 11) is 0. The zero-order valence-corrected chi connectivity index (χ0v) is 11.5.